The molecule has 3 rings (SSSR count). The fourth-order valence-corrected chi connectivity index (χ4v) is 2.74. The molecule has 18 heavy (non-hydrogen) atoms. The number of likely N-dealkylation sites (tertiary alicyclic amines) is 1. The van der Waals surface area contributed by atoms with E-state index >= 15 is 0 Å². The van der Waals surface area contributed by atoms with E-state index in [-0.39, 0.29) is 29.7 Å². The average molecular weight is 246 g/mol. The lowest BCUT2D eigenvalue weighted by molar-refractivity contribution is -0.139. The van der Waals surface area contributed by atoms with Gasteiger partial charge >= 0.3 is 0 Å². The van der Waals surface area contributed by atoms with Crippen LogP contribution in [-0.2, 0) is 14.4 Å². The third kappa shape index (κ3) is 1.66. The molecule has 0 radical (unpaired) electrons. The number of amides is 3. The fourth-order valence-electron chi connectivity index (χ4n) is 2.74. The molecular formula is C13H14N2O3. The van der Waals surface area contributed by atoms with E-state index in [1.807, 2.05) is 12.2 Å². The highest BCUT2D eigenvalue weighted by Gasteiger charge is 2.44. The quantitative estimate of drug-likeness (QED) is 0.705. The normalized spacial score (nSPS) is 30.6. The van der Waals surface area contributed by atoms with Crippen molar-refractivity contribution in [1.82, 2.24) is 10.2 Å². The molecule has 5 nitrogen and oxygen atoms in total. The highest BCUT2D eigenvalue weighted by molar-refractivity contribution is 6.15. The van der Waals surface area contributed by atoms with Crippen molar-refractivity contribution in [3.05, 3.63) is 23.8 Å². The first-order valence-corrected chi connectivity index (χ1v) is 6.18. The maximum absolute atomic E-state index is 12.1. The third-order valence-electron chi connectivity index (χ3n) is 3.70. The monoisotopic (exact) mass is 246 g/mol. The second-order valence-electron chi connectivity index (χ2n) is 4.90. The average Bonchev–Trinajstić information content (AvgIpc) is 2.88. The smallest absolute Gasteiger partial charge is 0.257 e. The summed E-state index contributed by atoms with van der Waals surface area (Å²) >= 11 is 0. The zero-order chi connectivity index (χ0) is 12.7. The van der Waals surface area contributed by atoms with Crippen LogP contribution >= 0.6 is 0 Å². The molecule has 2 heterocycles. The van der Waals surface area contributed by atoms with Crippen LogP contribution in [-0.4, -0.2) is 35.2 Å². The van der Waals surface area contributed by atoms with Gasteiger partial charge in [-0.15, -0.1) is 0 Å². The fraction of sp³-hybridized carbons (Fsp3) is 0.462. The standard InChI is InChI=1S/C13H14N2O3/c16-11-6-5-8(14-11)7-15-12(17)9-3-1-2-4-10(9)13(15)18/h1-3,8,10H,4-7H2,(H,14,16)/t8-,10?/m0/s1. The molecular weight excluding hydrogens is 232 g/mol. The summed E-state index contributed by atoms with van der Waals surface area (Å²) in [7, 11) is 0. The molecule has 0 bridgehead atoms. The summed E-state index contributed by atoms with van der Waals surface area (Å²) in [5, 5.41) is 2.78. The van der Waals surface area contributed by atoms with Gasteiger partial charge in [-0.3, -0.25) is 19.3 Å². The Balaban J connectivity index is 1.76. The van der Waals surface area contributed by atoms with Crippen molar-refractivity contribution in [2.75, 3.05) is 6.54 Å². The lowest BCUT2D eigenvalue weighted by Gasteiger charge is -2.18. The maximum atomic E-state index is 12.1. The molecule has 2 saturated heterocycles. The number of carbonyl (C=O) groups is 3. The van der Waals surface area contributed by atoms with Crippen molar-refractivity contribution < 1.29 is 14.4 Å². The van der Waals surface area contributed by atoms with Crippen molar-refractivity contribution in [2.45, 2.75) is 25.3 Å². The summed E-state index contributed by atoms with van der Waals surface area (Å²) in [4.78, 5) is 36.7. The Morgan fingerprint density at radius 3 is 2.83 bits per heavy atom. The van der Waals surface area contributed by atoms with Gasteiger partial charge in [-0.25, -0.2) is 0 Å². The summed E-state index contributed by atoms with van der Waals surface area (Å²) in [5.74, 6) is -0.635. The second kappa shape index (κ2) is 4.08. The van der Waals surface area contributed by atoms with Crippen molar-refractivity contribution in [3.8, 4) is 0 Å². The van der Waals surface area contributed by atoms with Gasteiger partial charge in [0.05, 0.1) is 5.92 Å². The van der Waals surface area contributed by atoms with E-state index in [9.17, 15) is 14.4 Å². The van der Waals surface area contributed by atoms with Crippen molar-refractivity contribution >= 4 is 17.7 Å². The van der Waals surface area contributed by atoms with Crippen molar-refractivity contribution in [1.29, 1.82) is 0 Å². The molecule has 3 aliphatic rings. The molecule has 3 amide bonds. The summed E-state index contributed by atoms with van der Waals surface area (Å²) in [6.07, 6.45) is 7.22. The van der Waals surface area contributed by atoms with Crippen LogP contribution in [0.5, 0.6) is 0 Å². The maximum Gasteiger partial charge on any atom is 0.257 e. The first-order valence-electron chi connectivity index (χ1n) is 6.18. The number of hydrogen-bond acceptors (Lipinski definition) is 3. The van der Waals surface area contributed by atoms with Crippen LogP contribution in [0.1, 0.15) is 19.3 Å². The molecule has 0 aromatic heterocycles. The van der Waals surface area contributed by atoms with Crippen LogP contribution in [0.2, 0.25) is 0 Å². The number of fused-ring (bicyclic) bond motifs is 1. The van der Waals surface area contributed by atoms with Gasteiger partial charge in [0.15, 0.2) is 0 Å². The summed E-state index contributed by atoms with van der Waals surface area (Å²) in [6.45, 7) is 0.303. The number of nitrogens with one attached hydrogen (secondary N) is 1. The first-order chi connectivity index (χ1) is 8.66. The minimum atomic E-state index is -0.306. The van der Waals surface area contributed by atoms with Gasteiger partial charge in [0.25, 0.3) is 5.91 Å². The Bertz CT molecular complexity index is 492. The molecule has 1 N–H and O–H groups in total. The molecule has 0 aromatic rings. The number of nitrogens with zero attached hydrogens (tertiary/aromatic N) is 1. The molecule has 2 aliphatic heterocycles. The van der Waals surface area contributed by atoms with Crippen molar-refractivity contribution in [3.63, 3.8) is 0 Å². The topological polar surface area (TPSA) is 66.5 Å². The number of carbonyl (C=O) groups excluding carboxylic acids is 3. The SMILES string of the molecule is O=C1CC[C@@H](CN2C(=O)C3=CC=CCC3C2=O)N1. The third-order valence-corrected chi connectivity index (χ3v) is 3.70. The number of allylic oxidation sites excluding steroid dienone is 3. The van der Waals surface area contributed by atoms with E-state index < -0.39 is 0 Å². The molecule has 94 valence electrons. The minimum Gasteiger partial charge on any atom is -0.352 e. The predicted octanol–water partition coefficient (Wildman–Crippen LogP) is 0.136. The first kappa shape index (κ1) is 11.2. The van der Waals surface area contributed by atoms with E-state index in [2.05, 4.69) is 5.32 Å². The van der Waals surface area contributed by atoms with E-state index in [4.69, 9.17) is 0 Å². The zero-order valence-electron chi connectivity index (χ0n) is 9.89. The molecule has 1 unspecified atom stereocenters. The molecule has 1 aliphatic carbocycles. The minimum absolute atomic E-state index is 0.00241. The summed E-state index contributed by atoms with van der Waals surface area (Å²) < 4.78 is 0. The highest BCUT2D eigenvalue weighted by Crippen LogP contribution is 2.31. The molecule has 0 saturated carbocycles. The predicted molar refractivity (Wildman–Crippen MR) is 63.2 cm³/mol. The molecule has 0 spiro atoms. The lowest BCUT2D eigenvalue weighted by atomic mass is 9.94. The van der Waals surface area contributed by atoms with E-state index in [1.165, 1.54) is 4.90 Å². The zero-order valence-corrected chi connectivity index (χ0v) is 9.89. The molecule has 0 aromatic carbocycles. The van der Waals surface area contributed by atoms with E-state index in [0.717, 1.165) is 0 Å². The van der Waals surface area contributed by atoms with Crippen LogP contribution in [0.4, 0.5) is 0 Å². The largest absolute Gasteiger partial charge is 0.352 e. The van der Waals surface area contributed by atoms with Crippen LogP contribution in [0.25, 0.3) is 0 Å². The summed E-state index contributed by atoms with van der Waals surface area (Å²) in [6, 6.07) is -0.0842. The van der Waals surface area contributed by atoms with Crippen LogP contribution in [0.3, 0.4) is 0 Å². The van der Waals surface area contributed by atoms with Crippen LogP contribution in [0, 0.1) is 5.92 Å². The van der Waals surface area contributed by atoms with Gasteiger partial charge in [0.1, 0.15) is 0 Å². The number of rotatable bonds is 2. The van der Waals surface area contributed by atoms with Gasteiger partial charge < -0.3 is 5.32 Å². The Labute approximate surface area is 105 Å². The van der Waals surface area contributed by atoms with Crippen LogP contribution in [0.15, 0.2) is 23.8 Å². The molecule has 2 fully saturated rings. The Hall–Kier alpha value is -1.91. The summed E-state index contributed by atoms with van der Waals surface area (Å²) in [5.41, 5.74) is 0.590. The van der Waals surface area contributed by atoms with Gasteiger partial charge in [0.2, 0.25) is 11.8 Å². The van der Waals surface area contributed by atoms with E-state index in [1.54, 1.807) is 6.08 Å². The van der Waals surface area contributed by atoms with Crippen LogP contribution < -0.4 is 5.32 Å². The van der Waals surface area contributed by atoms with E-state index in [0.29, 0.717) is 31.4 Å². The van der Waals surface area contributed by atoms with Gasteiger partial charge in [0, 0.05) is 24.6 Å². The Morgan fingerprint density at radius 1 is 1.33 bits per heavy atom. The molecule has 2 atom stereocenters. The van der Waals surface area contributed by atoms with Gasteiger partial charge in [-0.1, -0.05) is 18.2 Å². The van der Waals surface area contributed by atoms with Crippen molar-refractivity contribution in [2.24, 2.45) is 5.92 Å². The van der Waals surface area contributed by atoms with Gasteiger partial charge in [-0.05, 0) is 12.8 Å². The second-order valence-corrected chi connectivity index (χ2v) is 4.90. The number of imide groups is 1. The Morgan fingerprint density at radius 2 is 2.17 bits per heavy atom. The van der Waals surface area contributed by atoms with Gasteiger partial charge in [-0.2, -0.15) is 0 Å². The molecule has 5 heteroatoms. The lowest BCUT2D eigenvalue weighted by Crippen LogP contribution is -2.41. The highest BCUT2D eigenvalue weighted by atomic mass is 16.2. The number of hydrogen-bond donors (Lipinski definition) is 1. The Kier molecular flexibility index (Phi) is 2.54.